The van der Waals surface area contributed by atoms with E-state index in [2.05, 4.69) is 34.6 Å². The molecule has 1 heterocycles. The van der Waals surface area contributed by atoms with E-state index in [-0.39, 0.29) is 5.91 Å². The number of benzene rings is 2. The Bertz CT molecular complexity index is 807. The molecule has 0 atom stereocenters. The molecule has 0 aliphatic carbocycles. The van der Waals surface area contributed by atoms with E-state index in [0.29, 0.717) is 18.8 Å². The van der Waals surface area contributed by atoms with Gasteiger partial charge < -0.3 is 11.1 Å². The number of fused-ring (bicyclic) bond motifs is 1. The molecule has 3 rings (SSSR count). The number of carbonyl (C=O) groups excluding carboxylic acids is 1. The molecule has 3 aromatic rings. The van der Waals surface area contributed by atoms with Gasteiger partial charge in [-0.15, -0.1) is 0 Å². The molecular formula is C19H18N3O. The van der Waals surface area contributed by atoms with Gasteiger partial charge in [0.25, 0.3) is 0 Å². The van der Waals surface area contributed by atoms with Crippen molar-refractivity contribution in [3.8, 4) is 0 Å². The van der Waals surface area contributed by atoms with Crippen molar-refractivity contribution in [3.05, 3.63) is 78.3 Å². The SMILES string of the molecule is Nc1ccc(CNC(=O)[CH]Cc2cccc3ccccc23)cn1. The third kappa shape index (κ3) is 3.86. The number of nitrogens with zero attached hydrogens (tertiary/aromatic N) is 1. The first kappa shape index (κ1) is 15.0. The highest BCUT2D eigenvalue weighted by Crippen LogP contribution is 2.19. The van der Waals surface area contributed by atoms with E-state index in [0.717, 1.165) is 11.1 Å². The molecule has 0 bridgehead atoms. The number of nitrogen functional groups attached to an aromatic ring is 1. The van der Waals surface area contributed by atoms with E-state index in [1.807, 2.05) is 24.3 Å². The Labute approximate surface area is 135 Å². The minimum atomic E-state index is -0.0882. The first-order chi connectivity index (χ1) is 11.2. The molecule has 1 aromatic heterocycles. The highest BCUT2D eigenvalue weighted by molar-refractivity contribution is 5.88. The van der Waals surface area contributed by atoms with Crippen LogP contribution in [-0.4, -0.2) is 10.9 Å². The van der Waals surface area contributed by atoms with E-state index in [1.54, 1.807) is 18.7 Å². The van der Waals surface area contributed by atoms with Crippen molar-refractivity contribution >= 4 is 22.5 Å². The van der Waals surface area contributed by atoms with Crippen LogP contribution in [0.25, 0.3) is 10.8 Å². The number of nitrogens with one attached hydrogen (secondary N) is 1. The number of hydrogen-bond acceptors (Lipinski definition) is 3. The van der Waals surface area contributed by atoms with E-state index >= 15 is 0 Å². The molecular weight excluding hydrogens is 286 g/mol. The second-order valence-electron chi connectivity index (χ2n) is 5.36. The molecule has 0 saturated carbocycles. The molecule has 115 valence electrons. The molecule has 0 aliphatic heterocycles. The molecule has 1 radical (unpaired) electrons. The molecule has 23 heavy (non-hydrogen) atoms. The third-order valence-corrected chi connectivity index (χ3v) is 3.70. The van der Waals surface area contributed by atoms with Crippen molar-refractivity contribution in [1.82, 2.24) is 10.3 Å². The van der Waals surface area contributed by atoms with E-state index in [9.17, 15) is 4.79 Å². The van der Waals surface area contributed by atoms with Crippen LogP contribution in [0, 0.1) is 6.42 Å². The molecule has 4 nitrogen and oxygen atoms in total. The maximum atomic E-state index is 12.0. The molecule has 3 N–H and O–H groups in total. The van der Waals surface area contributed by atoms with Gasteiger partial charge in [0, 0.05) is 12.7 Å². The van der Waals surface area contributed by atoms with Crippen LogP contribution >= 0.6 is 0 Å². The van der Waals surface area contributed by atoms with Gasteiger partial charge in [-0.2, -0.15) is 0 Å². The lowest BCUT2D eigenvalue weighted by atomic mass is 10.0. The number of nitrogens with two attached hydrogens (primary N) is 1. The fourth-order valence-corrected chi connectivity index (χ4v) is 2.47. The van der Waals surface area contributed by atoms with Crippen LogP contribution in [0.5, 0.6) is 0 Å². The first-order valence-corrected chi connectivity index (χ1v) is 7.50. The predicted octanol–water partition coefficient (Wildman–Crippen LogP) is 2.88. The lowest BCUT2D eigenvalue weighted by Crippen LogP contribution is -2.23. The normalized spacial score (nSPS) is 10.6. The topological polar surface area (TPSA) is 68.0 Å². The molecule has 0 aliphatic rings. The lowest BCUT2D eigenvalue weighted by molar-refractivity contribution is -0.118. The minimum absolute atomic E-state index is 0.0882. The van der Waals surface area contributed by atoms with Crippen LogP contribution in [-0.2, 0) is 17.8 Å². The third-order valence-electron chi connectivity index (χ3n) is 3.70. The Kier molecular flexibility index (Phi) is 4.52. The summed E-state index contributed by atoms with van der Waals surface area (Å²) < 4.78 is 0. The molecule has 1 amide bonds. The smallest absolute Gasteiger partial charge is 0.224 e. The number of aromatic nitrogens is 1. The summed E-state index contributed by atoms with van der Waals surface area (Å²) >= 11 is 0. The minimum Gasteiger partial charge on any atom is -0.384 e. The van der Waals surface area contributed by atoms with Crippen LogP contribution in [0.15, 0.2) is 60.8 Å². The highest BCUT2D eigenvalue weighted by Gasteiger charge is 2.06. The van der Waals surface area contributed by atoms with Crippen molar-refractivity contribution in [2.45, 2.75) is 13.0 Å². The van der Waals surface area contributed by atoms with E-state index in [1.165, 1.54) is 10.8 Å². The number of rotatable bonds is 5. The van der Waals surface area contributed by atoms with Crippen molar-refractivity contribution in [3.63, 3.8) is 0 Å². The summed E-state index contributed by atoms with van der Waals surface area (Å²) in [5.41, 5.74) is 7.60. The zero-order chi connectivity index (χ0) is 16.1. The zero-order valence-corrected chi connectivity index (χ0v) is 12.7. The largest absolute Gasteiger partial charge is 0.384 e. The Balaban J connectivity index is 1.57. The highest BCUT2D eigenvalue weighted by atomic mass is 16.1. The maximum Gasteiger partial charge on any atom is 0.224 e. The number of carbonyl (C=O) groups is 1. The Morgan fingerprint density at radius 2 is 1.91 bits per heavy atom. The summed E-state index contributed by atoms with van der Waals surface area (Å²) in [7, 11) is 0. The van der Waals surface area contributed by atoms with Crippen molar-refractivity contribution in [1.29, 1.82) is 0 Å². The summed E-state index contributed by atoms with van der Waals surface area (Å²) in [6.45, 7) is 0.443. The fourth-order valence-electron chi connectivity index (χ4n) is 2.47. The predicted molar refractivity (Wildman–Crippen MR) is 92.4 cm³/mol. The fraction of sp³-hybridized carbons (Fsp3) is 0.105. The van der Waals surface area contributed by atoms with Gasteiger partial charge in [-0.3, -0.25) is 4.79 Å². The first-order valence-electron chi connectivity index (χ1n) is 7.50. The standard InChI is InChI=1S/C19H18N3O/c20-18-10-8-14(12-21-18)13-22-19(23)11-9-16-6-3-5-15-4-1-2-7-17(15)16/h1-8,10-12H,9,13H2,(H2,20,21)(H,22,23). The summed E-state index contributed by atoms with van der Waals surface area (Å²) in [6.07, 6.45) is 3.94. The number of pyridine rings is 1. The summed E-state index contributed by atoms with van der Waals surface area (Å²) in [5, 5.41) is 5.23. The summed E-state index contributed by atoms with van der Waals surface area (Å²) in [6, 6.07) is 17.9. The Morgan fingerprint density at radius 1 is 1.09 bits per heavy atom. The van der Waals surface area contributed by atoms with Crippen molar-refractivity contribution in [2.24, 2.45) is 0 Å². The second-order valence-corrected chi connectivity index (χ2v) is 5.36. The van der Waals surface area contributed by atoms with Gasteiger partial charge in [0.15, 0.2) is 0 Å². The van der Waals surface area contributed by atoms with Crippen LogP contribution in [0.4, 0.5) is 5.82 Å². The average molecular weight is 304 g/mol. The van der Waals surface area contributed by atoms with Gasteiger partial charge in [0.2, 0.25) is 5.91 Å². The van der Waals surface area contributed by atoms with Crippen LogP contribution < -0.4 is 11.1 Å². The van der Waals surface area contributed by atoms with Gasteiger partial charge >= 0.3 is 0 Å². The van der Waals surface area contributed by atoms with Crippen LogP contribution in [0.1, 0.15) is 11.1 Å². The second kappa shape index (κ2) is 6.92. The van der Waals surface area contributed by atoms with Crippen LogP contribution in [0.3, 0.4) is 0 Å². The molecule has 0 spiro atoms. The number of hydrogen-bond donors (Lipinski definition) is 2. The maximum absolute atomic E-state index is 12.0. The summed E-state index contributed by atoms with van der Waals surface area (Å²) in [5.74, 6) is 0.386. The van der Waals surface area contributed by atoms with Gasteiger partial charge in [-0.05, 0) is 34.4 Å². The molecule has 2 aromatic carbocycles. The van der Waals surface area contributed by atoms with Crippen molar-refractivity contribution < 1.29 is 4.79 Å². The Morgan fingerprint density at radius 3 is 2.74 bits per heavy atom. The molecule has 4 heteroatoms. The zero-order valence-electron chi connectivity index (χ0n) is 12.7. The Hall–Kier alpha value is -2.88. The van der Waals surface area contributed by atoms with E-state index in [4.69, 9.17) is 5.73 Å². The average Bonchev–Trinajstić information content (AvgIpc) is 2.59. The molecule has 0 fully saturated rings. The van der Waals surface area contributed by atoms with Crippen LogP contribution in [0.2, 0.25) is 0 Å². The molecule has 0 unspecified atom stereocenters. The van der Waals surface area contributed by atoms with Gasteiger partial charge in [-0.25, -0.2) is 4.98 Å². The van der Waals surface area contributed by atoms with E-state index < -0.39 is 0 Å². The van der Waals surface area contributed by atoms with Crippen molar-refractivity contribution in [2.75, 3.05) is 5.73 Å². The lowest BCUT2D eigenvalue weighted by Gasteiger charge is -2.07. The quantitative estimate of drug-likeness (QED) is 0.761. The van der Waals surface area contributed by atoms with Gasteiger partial charge in [0.1, 0.15) is 5.82 Å². The van der Waals surface area contributed by atoms with Gasteiger partial charge in [-0.1, -0.05) is 48.5 Å². The number of anilines is 1. The monoisotopic (exact) mass is 304 g/mol. The summed E-state index contributed by atoms with van der Waals surface area (Å²) in [4.78, 5) is 16.0. The molecule has 0 saturated heterocycles. The van der Waals surface area contributed by atoms with Gasteiger partial charge in [0.05, 0.1) is 6.42 Å². The number of amides is 1.